The van der Waals surface area contributed by atoms with Gasteiger partial charge in [-0.3, -0.25) is 9.59 Å². The van der Waals surface area contributed by atoms with Gasteiger partial charge < -0.3 is 19.5 Å². The van der Waals surface area contributed by atoms with Gasteiger partial charge in [0.15, 0.2) is 5.78 Å². The zero-order valence-corrected chi connectivity index (χ0v) is 19.3. The van der Waals surface area contributed by atoms with Crippen LogP contribution in [0.1, 0.15) is 52.0 Å². The highest BCUT2D eigenvalue weighted by molar-refractivity contribution is 6.12. The first-order chi connectivity index (χ1) is 15.3. The Labute approximate surface area is 188 Å². The quantitative estimate of drug-likeness (QED) is 0.510. The van der Waals surface area contributed by atoms with Crippen LogP contribution in [0.15, 0.2) is 46.8 Å². The van der Waals surface area contributed by atoms with Gasteiger partial charge in [-0.05, 0) is 50.3 Å². The molecule has 0 saturated heterocycles. The molecule has 0 radical (unpaired) electrons. The lowest BCUT2D eigenvalue weighted by Gasteiger charge is -2.38. The first kappa shape index (κ1) is 23.6. The second kappa shape index (κ2) is 10.0. The number of Topliss-reactive ketones (excluding diaryl/α,β-unsaturated/α-hetero) is 1. The number of carbonyl (C=O) groups is 3. The van der Waals surface area contributed by atoms with Gasteiger partial charge in [0.25, 0.3) is 0 Å². The van der Waals surface area contributed by atoms with Gasteiger partial charge in [0, 0.05) is 22.9 Å². The minimum Gasteiger partial charge on any atom is -0.494 e. The van der Waals surface area contributed by atoms with E-state index >= 15 is 0 Å². The number of rotatable bonds is 7. The minimum absolute atomic E-state index is 0.224. The Kier molecular flexibility index (Phi) is 7.38. The molecule has 1 aliphatic carbocycles. The van der Waals surface area contributed by atoms with Crippen LogP contribution < -0.4 is 10.1 Å². The maximum absolute atomic E-state index is 13.6. The number of allylic oxidation sites excluding steroid dienone is 3. The van der Waals surface area contributed by atoms with Crippen molar-refractivity contribution in [3.63, 3.8) is 0 Å². The summed E-state index contributed by atoms with van der Waals surface area (Å²) in [5.74, 6) is -2.51. The number of ether oxygens (including phenoxy) is 3. The number of methoxy groups -OCH3 is 1. The van der Waals surface area contributed by atoms with Crippen molar-refractivity contribution in [3.8, 4) is 5.75 Å². The highest BCUT2D eigenvalue weighted by atomic mass is 16.5. The van der Waals surface area contributed by atoms with Crippen LogP contribution in [0.2, 0.25) is 0 Å². The Morgan fingerprint density at radius 1 is 1.22 bits per heavy atom. The summed E-state index contributed by atoms with van der Waals surface area (Å²) in [4.78, 5) is 39.2. The predicted octanol–water partition coefficient (Wildman–Crippen LogP) is 3.65. The van der Waals surface area contributed by atoms with Crippen molar-refractivity contribution in [2.24, 2.45) is 11.8 Å². The number of carbonyl (C=O) groups excluding carboxylic acids is 3. The molecule has 7 heteroatoms. The number of ketones is 1. The van der Waals surface area contributed by atoms with E-state index in [1.807, 2.05) is 52.0 Å². The number of esters is 2. The molecule has 32 heavy (non-hydrogen) atoms. The molecule has 1 aromatic rings. The summed E-state index contributed by atoms with van der Waals surface area (Å²) in [5.41, 5.74) is 2.91. The van der Waals surface area contributed by atoms with E-state index in [9.17, 15) is 14.4 Å². The molecular weight excluding hydrogens is 410 g/mol. The highest BCUT2D eigenvalue weighted by Gasteiger charge is 2.47. The van der Waals surface area contributed by atoms with Crippen molar-refractivity contribution in [2.45, 2.75) is 46.5 Å². The Bertz CT molecular complexity index is 976. The van der Waals surface area contributed by atoms with E-state index in [1.54, 1.807) is 0 Å². The van der Waals surface area contributed by atoms with Crippen LogP contribution >= 0.6 is 0 Å². The number of hydrogen-bond donors (Lipinski definition) is 1. The van der Waals surface area contributed by atoms with E-state index < -0.39 is 23.8 Å². The van der Waals surface area contributed by atoms with E-state index in [0.29, 0.717) is 42.0 Å². The van der Waals surface area contributed by atoms with E-state index in [2.05, 4.69) is 5.32 Å². The molecule has 1 N–H and O–H groups in total. The van der Waals surface area contributed by atoms with Gasteiger partial charge in [0.1, 0.15) is 11.7 Å². The van der Waals surface area contributed by atoms with Crippen LogP contribution in [-0.4, -0.2) is 38.0 Å². The number of nitrogens with one attached hydrogen (secondary N) is 1. The second-order valence-electron chi connectivity index (χ2n) is 8.18. The predicted molar refractivity (Wildman–Crippen MR) is 119 cm³/mol. The van der Waals surface area contributed by atoms with Crippen LogP contribution in [0, 0.1) is 11.8 Å². The van der Waals surface area contributed by atoms with Gasteiger partial charge >= 0.3 is 11.9 Å². The fourth-order valence-corrected chi connectivity index (χ4v) is 4.51. The standard InChI is InChI=1S/C25H31NO6/c1-6-11-32-25(29)20-15(4)26-18-12-14(3)19(24(28)30-5)23(27)22(18)21(20)16-9-8-10-17(13-16)31-7-2/h8-10,13-14,19,21,26H,6-7,11-12H2,1-5H3/t14-,19+,21+/m1/s1. The Hall–Kier alpha value is -3.09. The first-order valence-electron chi connectivity index (χ1n) is 11.1. The Morgan fingerprint density at radius 2 is 1.97 bits per heavy atom. The van der Waals surface area contributed by atoms with Crippen LogP contribution in [-0.2, 0) is 23.9 Å². The molecule has 0 bridgehead atoms. The third-order valence-corrected chi connectivity index (χ3v) is 5.90. The van der Waals surface area contributed by atoms with Gasteiger partial charge in [0.2, 0.25) is 0 Å². The molecule has 172 valence electrons. The fraction of sp³-hybridized carbons (Fsp3) is 0.480. The third kappa shape index (κ3) is 4.42. The molecule has 0 unspecified atom stereocenters. The summed E-state index contributed by atoms with van der Waals surface area (Å²) in [6, 6.07) is 7.36. The molecular formula is C25H31NO6. The van der Waals surface area contributed by atoms with E-state index in [4.69, 9.17) is 14.2 Å². The average Bonchev–Trinajstić information content (AvgIpc) is 2.76. The van der Waals surface area contributed by atoms with Gasteiger partial charge in [0.05, 0.1) is 25.9 Å². The molecule has 7 nitrogen and oxygen atoms in total. The van der Waals surface area contributed by atoms with Crippen molar-refractivity contribution in [2.75, 3.05) is 20.3 Å². The van der Waals surface area contributed by atoms with Crippen molar-refractivity contribution >= 4 is 17.7 Å². The topological polar surface area (TPSA) is 90.9 Å². The van der Waals surface area contributed by atoms with Crippen molar-refractivity contribution in [1.29, 1.82) is 0 Å². The molecule has 3 atom stereocenters. The number of dihydropyridines is 1. The minimum atomic E-state index is -0.913. The molecule has 1 heterocycles. The molecule has 1 aliphatic heterocycles. The molecule has 3 rings (SSSR count). The fourth-order valence-electron chi connectivity index (χ4n) is 4.51. The van der Waals surface area contributed by atoms with E-state index in [0.717, 1.165) is 11.3 Å². The summed E-state index contributed by atoms with van der Waals surface area (Å²) in [7, 11) is 1.28. The van der Waals surface area contributed by atoms with Crippen LogP contribution in [0.5, 0.6) is 5.75 Å². The molecule has 0 amide bonds. The van der Waals surface area contributed by atoms with Crippen LogP contribution in [0.4, 0.5) is 0 Å². The van der Waals surface area contributed by atoms with E-state index in [1.165, 1.54) is 7.11 Å². The lowest BCUT2D eigenvalue weighted by Crippen LogP contribution is -2.43. The van der Waals surface area contributed by atoms with Gasteiger partial charge in [-0.1, -0.05) is 26.0 Å². The van der Waals surface area contributed by atoms with Crippen LogP contribution in [0.3, 0.4) is 0 Å². The van der Waals surface area contributed by atoms with Crippen LogP contribution in [0.25, 0.3) is 0 Å². The van der Waals surface area contributed by atoms with Crippen molar-refractivity contribution in [3.05, 3.63) is 52.4 Å². The summed E-state index contributed by atoms with van der Waals surface area (Å²) in [5, 5.41) is 3.26. The first-order valence-corrected chi connectivity index (χ1v) is 11.1. The lowest BCUT2D eigenvalue weighted by molar-refractivity contribution is -0.151. The van der Waals surface area contributed by atoms with Crippen molar-refractivity contribution in [1.82, 2.24) is 5.32 Å². The number of benzene rings is 1. The van der Waals surface area contributed by atoms with Crippen molar-refractivity contribution < 1.29 is 28.6 Å². The SMILES string of the molecule is CCCOC(=O)C1=C(C)NC2=C(C(=O)[C@@H](C(=O)OC)[C@H](C)C2)[C@H]1c1cccc(OCC)c1. The zero-order valence-electron chi connectivity index (χ0n) is 19.3. The van der Waals surface area contributed by atoms with Gasteiger partial charge in [-0.25, -0.2) is 4.79 Å². The molecule has 2 aliphatic rings. The molecule has 1 aromatic carbocycles. The maximum atomic E-state index is 13.6. The monoisotopic (exact) mass is 441 g/mol. The average molecular weight is 442 g/mol. The Morgan fingerprint density at radius 3 is 2.62 bits per heavy atom. The number of hydrogen-bond acceptors (Lipinski definition) is 7. The Balaban J connectivity index is 2.16. The van der Waals surface area contributed by atoms with Gasteiger partial charge in [-0.2, -0.15) is 0 Å². The summed E-state index contributed by atoms with van der Waals surface area (Å²) >= 11 is 0. The summed E-state index contributed by atoms with van der Waals surface area (Å²) in [6.45, 7) is 8.26. The molecule has 0 spiro atoms. The molecule has 0 aromatic heterocycles. The lowest BCUT2D eigenvalue weighted by atomic mass is 9.69. The molecule has 0 saturated carbocycles. The van der Waals surface area contributed by atoms with Gasteiger partial charge in [-0.15, -0.1) is 0 Å². The zero-order chi connectivity index (χ0) is 23.4. The maximum Gasteiger partial charge on any atom is 0.336 e. The summed E-state index contributed by atoms with van der Waals surface area (Å²) in [6.07, 6.45) is 1.18. The normalized spacial score (nSPS) is 22.8. The second-order valence-corrected chi connectivity index (χ2v) is 8.18. The smallest absolute Gasteiger partial charge is 0.336 e. The molecule has 0 fully saturated rings. The largest absolute Gasteiger partial charge is 0.494 e. The summed E-state index contributed by atoms with van der Waals surface area (Å²) < 4.78 is 16.1. The van der Waals surface area contributed by atoms with E-state index in [-0.39, 0.29) is 18.3 Å². The highest BCUT2D eigenvalue weighted by Crippen LogP contribution is 2.45. The third-order valence-electron chi connectivity index (χ3n) is 5.90.